The fourth-order valence-corrected chi connectivity index (χ4v) is 1.70. The minimum atomic E-state index is -1.31. The van der Waals surface area contributed by atoms with Crippen molar-refractivity contribution in [1.29, 1.82) is 0 Å². The van der Waals surface area contributed by atoms with Crippen LogP contribution in [0.3, 0.4) is 0 Å². The van der Waals surface area contributed by atoms with Crippen LogP contribution in [0.15, 0.2) is 40.0 Å². The molecule has 0 spiro atoms. The number of aromatic nitrogens is 3. The van der Waals surface area contributed by atoms with E-state index in [0.717, 1.165) is 6.20 Å². The molecule has 2 heterocycles. The van der Waals surface area contributed by atoms with Crippen LogP contribution in [0.5, 0.6) is 0 Å². The first-order valence-electron chi connectivity index (χ1n) is 5.31. The van der Waals surface area contributed by atoms with Gasteiger partial charge < -0.3 is 14.5 Å². The Kier molecular flexibility index (Phi) is 2.38. The molecule has 2 N–H and O–H groups in total. The van der Waals surface area contributed by atoms with E-state index in [-0.39, 0.29) is 5.82 Å². The Morgan fingerprint density at radius 1 is 1.32 bits per heavy atom. The van der Waals surface area contributed by atoms with Crippen LogP contribution in [-0.4, -0.2) is 26.0 Å². The molecule has 0 atom stereocenters. The molecule has 0 radical (unpaired) electrons. The van der Waals surface area contributed by atoms with Gasteiger partial charge in [-0.2, -0.15) is 0 Å². The van der Waals surface area contributed by atoms with Gasteiger partial charge in [0.25, 0.3) is 5.56 Å². The highest BCUT2D eigenvalue weighted by molar-refractivity contribution is 5.87. The monoisotopic (exact) mass is 257 g/mol. The SMILES string of the molecule is O=C(O)c1cnc(-c2ccc3ncoc3c2)[nH]c1=O. The average molecular weight is 257 g/mol. The molecule has 0 saturated carbocycles. The lowest BCUT2D eigenvalue weighted by Crippen LogP contribution is -2.18. The molecule has 0 saturated heterocycles. The molecule has 0 aliphatic heterocycles. The number of fused-ring (bicyclic) bond motifs is 1. The molecule has 19 heavy (non-hydrogen) atoms. The molecule has 1 aromatic carbocycles. The number of aromatic carboxylic acids is 1. The van der Waals surface area contributed by atoms with Crippen molar-refractivity contribution in [3.05, 3.63) is 46.7 Å². The van der Waals surface area contributed by atoms with E-state index in [1.54, 1.807) is 18.2 Å². The molecule has 0 aliphatic carbocycles. The number of H-pyrrole nitrogens is 1. The van der Waals surface area contributed by atoms with Crippen LogP contribution in [-0.2, 0) is 0 Å². The summed E-state index contributed by atoms with van der Waals surface area (Å²) in [6, 6.07) is 5.10. The molecule has 7 heteroatoms. The molecule has 0 bridgehead atoms. The van der Waals surface area contributed by atoms with Crippen LogP contribution < -0.4 is 5.56 Å². The summed E-state index contributed by atoms with van der Waals surface area (Å²) < 4.78 is 5.15. The quantitative estimate of drug-likeness (QED) is 0.715. The van der Waals surface area contributed by atoms with Crippen LogP contribution in [0.25, 0.3) is 22.5 Å². The minimum Gasteiger partial charge on any atom is -0.477 e. The largest absolute Gasteiger partial charge is 0.477 e. The Hall–Kier alpha value is -2.96. The van der Waals surface area contributed by atoms with Gasteiger partial charge in [-0.15, -0.1) is 0 Å². The van der Waals surface area contributed by atoms with Crippen molar-refractivity contribution in [3.63, 3.8) is 0 Å². The van der Waals surface area contributed by atoms with Crippen LogP contribution in [0.4, 0.5) is 0 Å². The summed E-state index contributed by atoms with van der Waals surface area (Å²) in [6.07, 6.45) is 2.35. The zero-order chi connectivity index (χ0) is 13.4. The lowest BCUT2D eigenvalue weighted by atomic mass is 10.2. The topological polar surface area (TPSA) is 109 Å². The average Bonchev–Trinajstić information content (AvgIpc) is 2.85. The maximum atomic E-state index is 11.6. The predicted molar refractivity (Wildman–Crippen MR) is 64.8 cm³/mol. The number of hydrogen-bond acceptors (Lipinski definition) is 5. The third-order valence-electron chi connectivity index (χ3n) is 2.63. The normalized spacial score (nSPS) is 10.7. The summed E-state index contributed by atoms with van der Waals surface area (Å²) in [6.45, 7) is 0. The van der Waals surface area contributed by atoms with Gasteiger partial charge in [0.2, 0.25) is 0 Å². The molecule has 0 fully saturated rings. The maximum Gasteiger partial charge on any atom is 0.342 e. The zero-order valence-electron chi connectivity index (χ0n) is 9.45. The number of rotatable bonds is 2. The Morgan fingerprint density at radius 2 is 2.16 bits per heavy atom. The lowest BCUT2D eigenvalue weighted by molar-refractivity contribution is 0.0694. The van der Waals surface area contributed by atoms with E-state index in [4.69, 9.17) is 9.52 Å². The van der Waals surface area contributed by atoms with E-state index < -0.39 is 17.1 Å². The molecule has 2 aromatic heterocycles. The van der Waals surface area contributed by atoms with E-state index in [9.17, 15) is 9.59 Å². The smallest absolute Gasteiger partial charge is 0.342 e. The standard InChI is InChI=1S/C12H7N3O4/c16-11-7(12(17)18)4-13-10(15-11)6-1-2-8-9(3-6)19-5-14-8/h1-5H,(H,17,18)(H,13,15,16). The molecular formula is C12H7N3O4. The summed E-state index contributed by atoms with van der Waals surface area (Å²) in [5.74, 6) is -1.04. The summed E-state index contributed by atoms with van der Waals surface area (Å²) in [7, 11) is 0. The maximum absolute atomic E-state index is 11.6. The Bertz CT molecular complexity index is 834. The molecule has 3 aromatic rings. The third-order valence-corrected chi connectivity index (χ3v) is 2.63. The molecule has 94 valence electrons. The van der Waals surface area contributed by atoms with Gasteiger partial charge in [0, 0.05) is 11.8 Å². The number of carboxylic acids is 1. The highest BCUT2D eigenvalue weighted by atomic mass is 16.4. The number of carboxylic acid groups (broad SMARTS) is 1. The fraction of sp³-hybridized carbons (Fsp3) is 0. The summed E-state index contributed by atoms with van der Waals surface area (Å²) in [5.41, 5.74) is 0.758. The fourth-order valence-electron chi connectivity index (χ4n) is 1.70. The number of benzene rings is 1. The van der Waals surface area contributed by atoms with Gasteiger partial charge in [-0.25, -0.2) is 14.8 Å². The highest BCUT2D eigenvalue weighted by Gasteiger charge is 2.11. The third kappa shape index (κ3) is 1.86. The number of hydrogen-bond donors (Lipinski definition) is 2. The van der Waals surface area contributed by atoms with Crippen LogP contribution in [0.2, 0.25) is 0 Å². The second-order valence-corrected chi connectivity index (χ2v) is 3.81. The molecule has 7 nitrogen and oxygen atoms in total. The van der Waals surface area contributed by atoms with Gasteiger partial charge >= 0.3 is 5.97 Å². The second-order valence-electron chi connectivity index (χ2n) is 3.81. The van der Waals surface area contributed by atoms with Gasteiger partial charge in [0.05, 0.1) is 0 Å². The summed E-state index contributed by atoms with van der Waals surface area (Å²) >= 11 is 0. The summed E-state index contributed by atoms with van der Waals surface area (Å²) in [4.78, 5) is 32.6. The Balaban J connectivity index is 2.13. The van der Waals surface area contributed by atoms with Gasteiger partial charge in [-0.05, 0) is 18.2 Å². The Morgan fingerprint density at radius 3 is 2.89 bits per heavy atom. The molecule has 0 unspecified atom stereocenters. The van der Waals surface area contributed by atoms with Crippen molar-refractivity contribution in [3.8, 4) is 11.4 Å². The first-order chi connectivity index (χ1) is 9.15. The van der Waals surface area contributed by atoms with Crippen molar-refractivity contribution in [2.45, 2.75) is 0 Å². The highest BCUT2D eigenvalue weighted by Crippen LogP contribution is 2.20. The van der Waals surface area contributed by atoms with Crippen LogP contribution >= 0.6 is 0 Å². The van der Waals surface area contributed by atoms with E-state index >= 15 is 0 Å². The number of nitrogens with one attached hydrogen (secondary N) is 1. The predicted octanol–water partition coefficient (Wildman–Crippen LogP) is 1.28. The first kappa shape index (κ1) is 11.1. The van der Waals surface area contributed by atoms with Crippen molar-refractivity contribution in [2.24, 2.45) is 0 Å². The number of nitrogens with zero attached hydrogens (tertiary/aromatic N) is 2. The van der Waals surface area contributed by atoms with Crippen LogP contribution in [0, 0.1) is 0 Å². The number of oxazole rings is 1. The van der Waals surface area contributed by atoms with E-state index in [1.807, 2.05) is 0 Å². The van der Waals surface area contributed by atoms with Crippen molar-refractivity contribution in [1.82, 2.24) is 15.0 Å². The van der Waals surface area contributed by atoms with Gasteiger partial charge in [-0.1, -0.05) is 0 Å². The van der Waals surface area contributed by atoms with E-state index in [2.05, 4.69) is 15.0 Å². The van der Waals surface area contributed by atoms with E-state index in [0.29, 0.717) is 16.7 Å². The molecular weight excluding hydrogens is 250 g/mol. The van der Waals surface area contributed by atoms with Gasteiger partial charge in [0.15, 0.2) is 12.0 Å². The molecule has 3 rings (SSSR count). The van der Waals surface area contributed by atoms with Crippen molar-refractivity contribution in [2.75, 3.05) is 0 Å². The second kappa shape index (κ2) is 4.05. The Labute approximate surface area is 105 Å². The van der Waals surface area contributed by atoms with Gasteiger partial charge in [0.1, 0.15) is 16.9 Å². The molecule has 0 aliphatic rings. The number of carbonyl (C=O) groups is 1. The number of aromatic amines is 1. The lowest BCUT2D eigenvalue weighted by Gasteiger charge is -2.00. The molecule has 0 amide bonds. The zero-order valence-corrected chi connectivity index (χ0v) is 9.45. The van der Waals surface area contributed by atoms with Crippen molar-refractivity contribution >= 4 is 17.1 Å². The van der Waals surface area contributed by atoms with Gasteiger partial charge in [-0.3, -0.25) is 4.79 Å². The van der Waals surface area contributed by atoms with E-state index in [1.165, 1.54) is 6.39 Å². The summed E-state index contributed by atoms with van der Waals surface area (Å²) in [5, 5.41) is 8.76. The van der Waals surface area contributed by atoms with Crippen molar-refractivity contribution < 1.29 is 14.3 Å². The first-order valence-corrected chi connectivity index (χ1v) is 5.31. The minimum absolute atomic E-state index is 0.272. The van der Waals surface area contributed by atoms with Crippen LogP contribution in [0.1, 0.15) is 10.4 Å².